The van der Waals surface area contributed by atoms with Crippen molar-refractivity contribution in [1.29, 1.82) is 0 Å². The first kappa shape index (κ1) is 22.6. The summed E-state index contributed by atoms with van der Waals surface area (Å²) in [6.07, 6.45) is 1.27. The standard InChI is InChI=1S/C21H24ClN3OS.ClH/c1-15-12-17(22)14-18-20(15)23-21(27-18)25(11-7-10-24(2)3)19(26)13-16-8-5-4-6-9-16;/h4-6,8-9,12,14H,7,10-11,13H2,1-3H3;1H. The minimum absolute atomic E-state index is 0. The molecule has 0 N–H and O–H groups in total. The highest BCUT2D eigenvalue weighted by Crippen LogP contribution is 2.33. The molecule has 28 heavy (non-hydrogen) atoms. The number of thiazole rings is 1. The Kier molecular flexibility index (Phi) is 8.25. The molecule has 0 aliphatic rings. The second-order valence-corrected chi connectivity index (χ2v) is 8.38. The molecule has 7 heteroatoms. The van der Waals surface area contributed by atoms with E-state index in [-0.39, 0.29) is 18.3 Å². The maximum absolute atomic E-state index is 13.1. The first-order chi connectivity index (χ1) is 12.9. The first-order valence-corrected chi connectivity index (χ1v) is 10.2. The van der Waals surface area contributed by atoms with Crippen molar-refractivity contribution in [3.05, 3.63) is 58.6 Å². The lowest BCUT2D eigenvalue weighted by Crippen LogP contribution is -2.34. The van der Waals surface area contributed by atoms with Gasteiger partial charge >= 0.3 is 0 Å². The smallest absolute Gasteiger partial charge is 0.233 e. The Bertz CT molecular complexity index is 928. The largest absolute Gasteiger partial charge is 0.309 e. The van der Waals surface area contributed by atoms with Crippen LogP contribution in [0.2, 0.25) is 5.02 Å². The van der Waals surface area contributed by atoms with Crippen LogP contribution in [0, 0.1) is 6.92 Å². The highest BCUT2D eigenvalue weighted by atomic mass is 35.5. The van der Waals surface area contributed by atoms with Crippen LogP contribution in [0.25, 0.3) is 10.2 Å². The molecule has 0 atom stereocenters. The van der Waals surface area contributed by atoms with Crippen molar-refractivity contribution in [3.8, 4) is 0 Å². The number of benzene rings is 2. The number of aromatic nitrogens is 1. The molecule has 2 aromatic carbocycles. The molecule has 0 spiro atoms. The number of amides is 1. The van der Waals surface area contributed by atoms with Gasteiger partial charge in [0.2, 0.25) is 5.91 Å². The van der Waals surface area contributed by atoms with Gasteiger partial charge in [-0.15, -0.1) is 12.4 Å². The van der Waals surface area contributed by atoms with Crippen LogP contribution in [0.5, 0.6) is 0 Å². The number of carbonyl (C=O) groups excluding carboxylic acids is 1. The van der Waals surface area contributed by atoms with Crippen molar-refractivity contribution in [2.45, 2.75) is 19.8 Å². The zero-order valence-electron chi connectivity index (χ0n) is 16.3. The average molecular weight is 438 g/mol. The molecule has 3 rings (SSSR count). The SMILES string of the molecule is Cc1cc(Cl)cc2sc(N(CCCN(C)C)C(=O)Cc3ccccc3)nc12.Cl. The van der Waals surface area contributed by atoms with Gasteiger partial charge in [-0.2, -0.15) is 0 Å². The van der Waals surface area contributed by atoms with Crippen LogP contribution in [0.1, 0.15) is 17.5 Å². The van der Waals surface area contributed by atoms with Gasteiger partial charge in [-0.05, 0) is 57.2 Å². The fourth-order valence-corrected chi connectivity index (χ4v) is 4.46. The Morgan fingerprint density at radius 1 is 1.14 bits per heavy atom. The van der Waals surface area contributed by atoms with Crippen molar-refractivity contribution >= 4 is 56.6 Å². The minimum atomic E-state index is 0. The molecule has 1 aromatic heterocycles. The summed E-state index contributed by atoms with van der Waals surface area (Å²) in [6, 6.07) is 13.7. The van der Waals surface area contributed by atoms with Gasteiger partial charge in [0.05, 0.1) is 16.6 Å². The monoisotopic (exact) mass is 437 g/mol. The zero-order chi connectivity index (χ0) is 19.4. The quantitative estimate of drug-likeness (QED) is 0.508. The van der Waals surface area contributed by atoms with Crippen LogP contribution in [-0.4, -0.2) is 43.0 Å². The molecule has 0 aliphatic heterocycles. The van der Waals surface area contributed by atoms with E-state index in [1.54, 1.807) is 0 Å². The molecule has 4 nitrogen and oxygen atoms in total. The summed E-state index contributed by atoms with van der Waals surface area (Å²) in [4.78, 5) is 21.8. The van der Waals surface area contributed by atoms with E-state index in [1.807, 2.05) is 68.4 Å². The lowest BCUT2D eigenvalue weighted by Gasteiger charge is -2.21. The van der Waals surface area contributed by atoms with Crippen molar-refractivity contribution in [2.75, 3.05) is 32.1 Å². The molecule has 0 saturated heterocycles. The molecular weight excluding hydrogens is 413 g/mol. The molecule has 0 unspecified atom stereocenters. The average Bonchev–Trinajstić information content (AvgIpc) is 3.03. The van der Waals surface area contributed by atoms with E-state index in [0.717, 1.165) is 39.4 Å². The van der Waals surface area contributed by atoms with Crippen LogP contribution in [0.3, 0.4) is 0 Å². The van der Waals surface area contributed by atoms with Gasteiger partial charge in [0.1, 0.15) is 0 Å². The summed E-state index contributed by atoms with van der Waals surface area (Å²) in [7, 11) is 4.08. The Morgan fingerprint density at radius 3 is 2.54 bits per heavy atom. The van der Waals surface area contributed by atoms with Gasteiger partial charge in [-0.25, -0.2) is 4.98 Å². The predicted octanol–water partition coefficient (Wildman–Crippen LogP) is 5.21. The van der Waals surface area contributed by atoms with Crippen LogP contribution in [-0.2, 0) is 11.2 Å². The van der Waals surface area contributed by atoms with E-state index < -0.39 is 0 Å². The third kappa shape index (κ3) is 5.67. The normalized spacial score (nSPS) is 10.9. The number of nitrogens with zero attached hydrogens (tertiary/aromatic N) is 3. The molecule has 1 amide bonds. The fourth-order valence-electron chi connectivity index (χ4n) is 3.00. The lowest BCUT2D eigenvalue weighted by molar-refractivity contribution is -0.118. The van der Waals surface area contributed by atoms with Gasteiger partial charge < -0.3 is 4.90 Å². The molecule has 1 heterocycles. The van der Waals surface area contributed by atoms with Crippen molar-refractivity contribution in [3.63, 3.8) is 0 Å². The molecule has 0 radical (unpaired) electrons. The zero-order valence-corrected chi connectivity index (χ0v) is 18.7. The van der Waals surface area contributed by atoms with Crippen LogP contribution in [0.4, 0.5) is 5.13 Å². The maximum Gasteiger partial charge on any atom is 0.233 e. The third-order valence-corrected chi connectivity index (χ3v) is 5.60. The molecular formula is C21H25Cl2N3OS. The number of aryl methyl sites for hydroxylation is 1. The second-order valence-electron chi connectivity index (χ2n) is 6.93. The van der Waals surface area contributed by atoms with Gasteiger partial charge in [-0.3, -0.25) is 9.69 Å². The van der Waals surface area contributed by atoms with Crippen molar-refractivity contribution in [2.24, 2.45) is 0 Å². The summed E-state index contributed by atoms with van der Waals surface area (Å²) in [6.45, 7) is 3.57. The van der Waals surface area contributed by atoms with Crippen molar-refractivity contribution in [1.82, 2.24) is 9.88 Å². The van der Waals surface area contributed by atoms with Gasteiger partial charge in [0.15, 0.2) is 5.13 Å². The minimum Gasteiger partial charge on any atom is -0.309 e. The van der Waals surface area contributed by atoms with Crippen LogP contribution >= 0.6 is 35.3 Å². The molecule has 0 saturated carbocycles. The Labute approximate surface area is 181 Å². The molecule has 0 bridgehead atoms. The molecule has 0 aliphatic carbocycles. The highest BCUT2D eigenvalue weighted by molar-refractivity contribution is 7.22. The summed E-state index contributed by atoms with van der Waals surface area (Å²) in [5.74, 6) is 0.0720. The number of carbonyl (C=O) groups is 1. The van der Waals surface area contributed by atoms with Gasteiger partial charge in [0, 0.05) is 11.6 Å². The van der Waals surface area contributed by atoms with E-state index in [9.17, 15) is 4.79 Å². The first-order valence-electron chi connectivity index (χ1n) is 9.00. The number of hydrogen-bond donors (Lipinski definition) is 0. The Morgan fingerprint density at radius 2 is 1.86 bits per heavy atom. The summed E-state index contributed by atoms with van der Waals surface area (Å²) >= 11 is 7.72. The lowest BCUT2D eigenvalue weighted by atomic mass is 10.1. The fraction of sp³-hybridized carbons (Fsp3) is 0.333. The molecule has 150 valence electrons. The third-order valence-electron chi connectivity index (χ3n) is 4.36. The number of anilines is 1. The number of halogens is 2. The summed E-state index contributed by atoms with van der Waals surface area (Å²) < 4.78 is 1.01. The van der Waals surface area contributed by atoms with Crippen molar-refractivity contribution < 1.29 is 4.79 Å². The van der Waals surface area contributed by atoms with Gasteiger partial charge in [-0.1, -0.05) is 53.3 Å². The topological polar surface area (TPSA) is 36.4 Å². The molecule has 0 fully saturated rings. The van der Waals surface area contributed by atoms with E-state index in [4.69, 9.17) is 16.6 Å². The maximum atomic E-state index is 13.1. The van der Waals surface area contributed by atoms with Crippen LogP contribution < -0.4 is 4.90 Å². The van der Waals surface area contributed by atoms with Crippen LogP contribution in [0.15, 0.2) is 42.5 Å². The summed E-state index contributed by atoms with van der Waals surface area (Å²) in [5, 5.41) is 1.44. The number of rotatable bonds is 7. The van der Waals surface area contributed by atoms with E-state index in [0.29, 0.717) is 18.0 Å². The van der Waals surface area contributed by atoms with Gasteiger partial charge in [0.25, 0.3) is 0 Å². The Balaban J connectivity index is 0.00000280. The number of hydrogen-bond acceptors (Lipinski definition) is 4. The highest BCUT2D eigenvalue weighted by Gasteiger charge is 2.20. The number of fused-ring (bicyclic) bond motifs is 1. The van der Waals surface area contributed by atoms with E-state index >= 15 is 0 Å². The Hall–Kier alpha value is -1.66. The molecule has 3 aromatic rings. The van der Waals surface area contributed by atoms with E-state index in [2.05, 4.69) is 4.90 Å². The second kappa shape index (κ2) is 10.2. The van der Waals surface area contributed by atoms with E-state index in [1.165, 1.54) is 11.3 Å². The predicted molar refractivity (Wildman–Crippen MR) is 122 cm³/mol. The summed E-state index contributed by atoms with van der Waals surface area (Å²) in [5.41, 5.74) is 2.97.